The number of benzene rings is 3. The van der Waals surface area contributed by atoms with Gasteiger partial charge in [-0.05, 0) is 74.3 Å². The molecule has 0 N–H and O–H groups in total. The molecule has 7 aromatic rings. The third-order valence-corrected chi connectivity index (χ3v) is 7.87. The fourth-order valence-corrected chi connectivity index (χ4v) is 6.37. The third kappa shape index (κ3) is 3.54. The Bertz CT molecular complexity index is 2050. The Morgan fingerprint density at radius 1 is 0.811 bits per heavy atom. The molecule has 37 heavy (non-hydrogen) atoms. The SMILES string of the molecule is [2H]C([2H])([2H])c1ccc(-c2ccc(-c3nc4ccccc4n3-c3cc(C)nc(C)c3)c3sc4ncccc4c23)cc1. The molecule has 3 aromatic carbocycles. The van der Waals surface area contributed by atoms with Gasteiger partial charge >= 0.3 is 0 Å². The molecule has 0 unspecified atom stereocenters. The molecule has 0 aliphatic carbocycles. The Morgan fingerprint density at radius 2 is 1.59 bits per heavy atom. The summed E-state index contributed by atoms with van der Waals surface area (Å²) in [5.74, 6) is 0.854. The van der Waals surface area contributed by atoms with E-state index in [9.17, 15) is 0 Å². The number of aromatic nitrogens is 4. The molecular weight excluding hydrogens is 472 g/mol. The molecule has 0 fully saturated rings. The molecule has 0 saturated heterocycles. The van der Waals surface area contributed by atoms with Crippen molar-refractivity contribution < 1.29 is 4.11 Å². The summed E-state index contributed by atoms with van der Waals surface area (Å²) in [4.78, 5) is 15.4. The Morgan fingerprint density at radius 3 is 2.41 bits per heavy atom. The van der Waals surface area contributed by atoms with E-state index in [1.165, 1.54) is 0 Å². The van der Waals surface area contributed by atoms with E-state index in [4.69, 9.17) is 9.10 Å². The topological polar surface area (TPSA) is 43.6 Å². The summed E-state index contributed by atoms with van der Waals surface area (Å²) in [7, 11) is 0. The smallest absolute Gasteiger partial charge is 0.147 e. The standard InChI is InChI=1S/C32H24N4S/c1-19-10-12-22(13-11-19)24-14-15-26(30-29(24)25-7-6-16-33-32(25)37-30)31-35-27-8-4-5-9-28(27)36(31)23-17-20(2)34-21(3)18-23/h4-18H,1-3H3/i1D3. The zero-order valence-electron chi connectivity index (χ0n) is 23.4. The minimum atomic E-state index is -2.14. The second kappa shape index (κ2) is 8.36. The molecule has 0 atom stereocenters. The fraction of sp³-hybridized carbons (Fsp3) is 0.0938. The van der Waals surface area contributed by atoms with Crippen LogP contribution in [0.1, 0.15) is 21.1 Å². The molecule has 0 amide bonds. The van der Waals surface area contributed by atoms with Crippen LogP contribution in [0, 0.1) is 20.7 Å². The highest BCUT2D eigenvalue weighted by molar-refractivity contribution is 7.26. The van der Waals surface area contributed by atoms with Crippen LogP contribution in [-0.4, -0.2) is 19.5 Å². The normalized spacial score (nSPS) is 13.2. The van der Waals surface area contributed by atoms with E-state index in [-0.39, 0.29) is 0 Å². The van der Waals surface area contributed by atoms with Gasteiger partial charge in [-0.15, -0.1) is 11.3 Å². The monoisotopic (exact) mass is 499 g/mol. The van der Waals surface area contributed by atoms with Gasteiger partial charge in [0.2, 0.25) is 0 Å². The predicted molar refractivity (Wildman–Crippen MR) is 155 cm³/mol. The van der Waals surface area contributed by atoms with Crippen molar-refractivity contribution in [1.29, 1.82) is 0 Å². The maximum Gasteiger partial charge on any atom is 0.147 e. The van der Waals surface area contributed by atoms with Crippen LogP contribution >= 0.6 is 11.3 Å². The van der Waals surface area contributed by atoms with Crippen molar-refractivity contribution in [2.75, 3.05) is 0 Å². The first-order valence-electron chi connectivity index (χ1n) is 13.6. The molecule has 0 aliphatic heterocycles. The summed E-state index contributed by atoms with van der Waals surface area (Å²) in [6, 6.07) is 27.9. The van der Waals surface area contributed by atoms with Crippen molar-refractivity contribution in [1.82, 2.24) is 19.5 Å². The van der Waals surface area contributed by atoms with Gasteiger partial charge in [0.25, 0.3) is 0 Å². The maximum atomic E-state index is 7.76. The van der Waals surface area contributed by atoms with Gasteiger partial charge in [-0.25, -0.2) is 9.97 Å². The second-order valence-electron chi connectivity index (χ2n) is 9.27. The Kier molecular flexibility index (Phi) is 4.26. The van der Waals surface area contributed by atoms with Gasteiger partial charge in [0.15, 0.2) is 0 Å². The summed E-state index contributed by atoms with van der Waals surface area (Å²) >= 11 is 1.65. The molecule has 4 aromatic heterocycles. The van der Waals surface area contributed by atoms with Crippen molar-refractivity contribution in [2.24, 2.45) is 0 Å². The molecule has 0 bridgehead atoms. The number of hydrogen-bond donors (Lipinski definition) is 0. The zero-order valence-corrected chi connectivity index (χ0v) is 21.2. The highest BCUT2D eigenvalue weighted by Gasteiger charge is 2.21. The molecule has 0 radical (unpaired) electrons. The maximum absolute atomic E-state index is 7.76. The van der Waals surface area contributed by atoms with E-state index in [1.54, 1.807) is 23.5 Å². The van der Waals surface area contributed by atoms with Gasteiger partial charge in [0.1, 0.15) is 10.7 Å². The van der Waals surface area contributed by atoms with E-state index in [0.29, 0.717) is 5.56 Å². The van der Waals surface area contributed by atoms with Gasteiger partial charge in [-0.1, -0.05) is 48.0 Å². The fourth-order valence-electron chi connectivity index (χ4n) is 5.19. The van der Waals surface area contributed by atoms with Crippen molar-refractivity contribution in [3.05, 3.63) is 108 Å². The van der Waals surface area contributed by atoms with Crippen molar-refractivity contribution >= 4 is 42.7 Å². The third-order valence-electron chi connectivity index (χ3n) is 6.72. The number of pyridine rings is 2. The zero-order chi connectivity index (χ0) is 27.6. The van der Waals surface area contributed by atoms with Crippen LogP contribution in [0.4, 0.5) is 0 Å². The molecular formula is C32H24N4S. The molecule has 4 heterocycles. The van der Waals surface area contributed by atoms with Gasteiger partial charge in [0, 0.05) is 42.7 Å². The van der Waals surface area contributed by atoms with Crippen LogP contribution in [0.15, 0.2) is 91.1 Å². The molecule has 0 spiro atoms. The lowest BCUT2D eigenvalue weighted by Crippen LogP contribution is -2.00. The number of rotatable bonds is 3. The summed E-state index contributed by atoms with van der Waals surface area (Å²) < 4.78 is 26.6. The number of hydrogen-bond acceptors (Lipinski definition) is 4. The summed E-state index contributed by atoms with van der Waals surface area (Å²) in [6.07, 6.45) is 1.82. The summed E-state index contributed by atoms with van der Waals surface area (Å²) in [5, 5.41) is 2.16. The van der Waals surface area contributed by atoms with Crippen LogP contribution < -0.4 is 0 Å². The Hall–Kier alpha value is -4.35. The molecule has 7 rings (SSSR count). The van der Waals surface area contributed by atoms with E-state index >= 15 is 0 Å². The first kappa shape index (κ1) is 18.9. The van der Waals surface area contributed by atoms with Gasteiger partial charge < -0.3 is 0 Å². The van der Waals surface area contributed by atoms with Gasteiger partial charge in [-0.3, -0.25) is 9.55 Å². The van der Waals surface area contributed by atoms with Crippen LogP contribution in [-0.2, 0) is 0 Å². The van der Waals surface area contributed by atoms with E-state index in [2.05, 4.69) is 50.9 Å². The summed E-state index contributed by atoms with van der Waals surface area (Å²) in [6.45, 7) is 1.88. The first-order valence-corrected chi connectivity index (χ1v) is 12.9. The lowest BCUT2D eigenvalue weighted by molar-refractivity contribution is 1.05. The van der Waals surface area contributed by atoms with E-state index in [1.807, 2.05) is 56.4 Å². The number of imidazole rings is 1. The summed E-state index contributed by atoms with van der Waals surface area (Å²) in [5.41, 5.74) is 8.21. The molecule has 5 heteroatoms. The number of thiophene rings is 1. The number of aryl methyl sites for hydroxylation is 3. The Labute approximate surface area is 223 Å². The minimum Gasteiger partial charge on any atom is -0.292 e. The average molecular weight is 500 g/mol. The highest BCUT2D eigenvalue weighted by Crippen LogP contribution is 2.44. The predicted octanol–water partition coefficient (Wildman–Crippen LogP) is 8.44. The number of nitrogens with zero attached hydrogens (tertiary/aromatic N) is 4. The van der Waals surface area contributed by atoms with Crippen LogP contribution in [0.25, 0.3) is 59.5 Å². The number of para-hydroxylation sites is 2. The quantitative estimate of drug-likeness (QED) is 0.245. The molecule has 0 saturated carbocycles. The molecule has 0 aliphatic rings. The van der Waals surface area contributed by atoms with E-state index in [0.717, 1.165) is 70.9 Å². The second-order valence-corrected chi connectivity index (χ2v) is 10.3. The Balaban J connectivity index is 1.54. The molecule has 178 valence electrons. The van der Waals surface area contributed by atoms with Crippen molar-refractivity contribution in [3.63, 3.8) is 0 Å². The first-order chi connectivity index (χ1) is 19.3. The minimum absolute atomic E-state index is 0.331. The highest BCUT2D eigenvalue weighted by atomic mass is 32.1. The van der Waals surface area contributed by atoms with Crippen LogP contribution in [0.2, 0.25) is 0 Å². The van der Waals surface area contributed by atoms with Gasteiger partial charge in [-0.2, -0.15) is 0 Å². The average Bonchev–Trinajstić information content (AvgIpc) is 3.51. The van der Waals surface area contributed by atoms with Crippen molar-refractivity contribution in [2.45, 2.75) is 20.7 Å². The van der Waals surface area contributed by atoms with Crippen LogP contribution in [0.3, 0.4) is 0 Å². The number of fused-ring (bicyclic) bond motifs is 4. The van der Waals surface area contributed by atoms with Gasteiger partial charge in [0.05, 0.1) is 16.7 Å². The van der Waals surface area contributed by atoms with Crippen molar-refractivity contribution in [3.8, 4) is 28.2 Å². The lowest BCUT2D eigenvalue weighted by atomic mass is 9.97. The largest absolute Gasteiger partial charge is 0.292 e. The van der Waals surface area contributed by atoms with E-state index < -0.39 is 6.85 Å². The van der Waals surface area contributed by atoms with Crippen LogP contribution in [0.5, 0.6) is 0 Å². The molecule has 4 nitrogen and oxygen atoms in total. The lowest BCUT2D eigenvalue weighted by Gasteiger charge is -2.13.